The van der Waals surface area contributed by atoms with E-state index in [9.17, 15) is 23.1 Å². The number of aliphatic imine (C=N–C) groups is 1. The zero-order valence-corrected chi connectivity index (χ0v) is 22.6. The Balaban J connectivity index is 1.97. The lowest BCUT2D eigenvalue weighted by Crippen LogP contribution is -2.23. The van der Waals surface area contributed by atoms with Crippen LogP contribution in [0.2, 0.25) is 0 Å². The molecule has 0 bridgehead atoms. The van der Waals surface area contributed by atoms with E-state index < -0.39 is 23.0 Å². The maximum atomic E-state index is 13.2. The number of methoxy groups -OCH3 is 2. The van der Waals surface area contributed by atoms with Gasteiger partial charge < -0.3 is 29.0 Å². The van der Waals surface area contributed by atoms with Crippen molar-refractivity contribution in [1.82, 2.24) is 4.98 Å². The third-order valence-electron chi connectivity index (χ3n) is 5.96. The standard InChI is InChI=1S/C29H31F3N2O6/c1-6-7-9-20-23(24-21(37-4)10-8-11-22(24)38-5)26(35)25(27(36)34-20)28(33-3)40-17(2)16-39-19-14-12-18(13-15-19)29(30,31)32/h8,10-15H,2,6-7,9,16H2,1,3-5H3,(H2,34,35,36). The van der Waals surface area contributed by atoms with Gasteiger partial charge in [-0.05, 0) is 49.2 Å². The fourth-order valence-electron chi connectivity index (χ4n) is 4.02. The largest absolute Gasteiger partial charge is 0.506 e. The second-order valence-electron chi connectivity index (χ2n) is 8.65. The van der Waals surface area contributed by atoms with E-state index in [2.05, 4.69) is 16.6 Å². The van der Waals surface area contributed by atoms with Crippen LogP contribution < -0.4 is 19.8 Å². The van der Waals surface area contributed by atoms with Crippen LogP contribution in [-0.2, 0) is 17.3 Å². The van der Waals surface area contributed by atoms with Gasteiger partial charge in [0.15, 0.2) is 0 Å². The van der Waals surface area contributed by atoms with Crippen molar-refractivity contribution in [3.05, 3.63) is 82.0 Å². The zero-order chi connectivity index (χ0) is 29.4. The molecule has 11 heteroatoms. The summed E-state index contributed by atoms with van der Waals surface area (Å²) in [4.78, 5) is 20.1. The molecule has 0 aliphatic rings. The third kappa shape index (κ3) is 6.77. The first-order valence-corrected chi connectivity index (χ1v) is 12.4. The van der Waals surface area contributed by atoms with E-state index in [1.165, 1.54) is 33.4 Å². The molecule has 0 radical (unpaired) electrons. The van der Waals surface area contributed by atoms with E-state index in [0.717, 1.165) is 25.0 Å². The molecule has 1 aromatic heterocycles. The summed E-state index contributed by atoms with van der Waals surface area (Å²) in [6.07, 6.45) is -2.42. The lowest BCUT2D eigenvalue weighted by Gasteiger charge is -2.20. The summed E-state index contributed by atoms with van der Waals surface area (Å²) >= 11 is 0. The highest BCUT2D eigenvalue weighted by Crippen LogP contribution is 2.45. The summed E-state index contributed by atoms with van der Waals surface area (Å²) in [6, 6.07) is 9.27. The first kappa shape index (κ1) is 30.1. The minimum absolute atomic E-state index is 0.00854. The molecule has 3 aromatic rings. The molecule has 8 nitrogen and oxygen atoms in total. The lowest BCUT2D eigenvalue weighted by molar-refractivity contribution is -0.137. The number of aromatic amines is 1. The van der Waals surface area contributed by atoms with Gasteiger partial charge in [-0.15, -0.1) is 0 Å². The van der Waals surface area contributed by atoms with Crippen LogP contribution in [0.25, 0.3) is 11.1 Å². The van der Waals surface area contributed by atoms with Crippen LogP contribution in [0.15, 0.2) is 64.6 Å². The SMILES string of the molecule is C=C(COc1ccc(C(F)(F)F)cc1)OC(=NC)c1c(O)c(-c2c(OC)cccc2OC)c(CCCC)[nH]c1=O. The molecule has 0 aliphatic carbocycles. The topological polar surface area (TPSA) is 102 Å². The van der Waals surface area contributed by atoms with Crippen molar-refractivity contribution in [2.75, 3.05) is 27.9 Å². The third-order valence-corrected chi connectivity index (χ3v) is 5.96. The van der Waals surface area contributed by atoms with E-state index in [0.29, 0.717) is 34.7 Å². The van der Waals surface area contributed by atoms with Gasteiger partial charge in [0.2, 0.25) is 5.90 Å². The van der Waals surface area contributed by atoms with Gasteiger partial charge in [0.25, 0.3) is 5.56 Å². The number of aromatic hydroxyl groups is 1. The summed E-state index contributed by atoms with van der Waals surface area (Å²) in [6.45, 7) is 5.50. The van der Waals surface area contributed by atoms with Gasteiger partial charge in [0.1, 0.15) is 40.9 Å². The molecule has 214 valence electrons. The van der Waals surface area contributed by atoms with Crippen LogP contribution in [0.1, 0.15) is 36.6 Å². The Kier molecular flexibility index (Phi) is 9.87. The van der Waals surface area contributed by atoms with E-state index in [-0.39, 0.29) is 29.6 Å². The van der Waals surface area contributed by atoms with E-state index >= 15 is 0 Å². The fourth-order valence-corrected chi connectivity index (χ4v) is 4.02. The molecule has 0 amide bonds. The van der Waals surface area contributed by atoms with Crippen LogP contribution in [0.4, 0.5) is 13.2 Å². The minimum Gasteiger partial charge on any atom is -0.506 e. The van der Waals surface area contributed by atoms with Gasteiger partial charge in [0.05, 0.1) is 30.9 Å². The summed E-state index contributed by atoms with van der Waals surface area (Å²) < 4.78 is 60.6. The quantitative estimate of drug-likeness (QED) is 0.167. The molecule has 0 saturated heterocycles. The average Bonchev–Trinajstić information content (AvgIpc) is 2.93. The normalized spacial score (nSPS) is 11.7. The predicted molar refractivity (Wildman–Crippen MR) is 146 cm³/mol. The summed E-state index contributed by atoms with van der Waals surface area (Å²) in [5.41, 5.74) is -0.479. The molecule has 2 N–H and O–H groups in total. The van der Waals surface area contributed by atoms with Crippen molar-refractivity contribution in [3.8, 4) is 34.1 Å². The van der Waals surface area contributed by atoms with Crippen LogP contribution in [0, 0.1) is 0 Å². The van der Waals surface area contributed by atoms with E-state index in [1.807, 2.05) is 6.92 Å². The second-order valence-corrected chi connectivity index (χ2v) is 8.65. The molecule has 40 heavy (non-hydrogen) atoms. The molecular weight excluding hydrogens is 529 g/mol. The first-order valence-electron chi connectivity index (χ1n) is 12.4. The molecule has 0 spiro atoms. The highest BCUT2D eigenvalue weighted by atomic mass is 19.4. The smallest absolute Gasteiger partial charge is 0.416 e. The predicted octanol–water partition coefficient (Wildman–Crippen LogP) is 6.11. The Bertz CT molecular complexity index is 1410. The number of ether oxygens (including phenoxy) is 4. The van der Waals surface area contributed by atoms with Gasteiger partial charge in [-0.3, -0.25) is 9.79 Å². The monoisotopic (exact) mass is 560 g/mol. The number of nitrogens with one attached hydrogen (secondary N) is 1. The number of H-pyrrole nitrogens is 1. The average molecular weight is 561 g/mol. The van der Waals surface area contributed by atoms with E-state index in [1.54, 1.807) is 18.2 Å². The highest BCUT2D eigenvalue weighted by molar-refractivity contribution is 6.00. The molecule has 2 aromatic carbocycles. The molecule has 0 unspecified atom stereocenters. The lowest BCUT2D eigenvalue weighted by atomic mass is 9.95. The van der Waals surface area contributed by atoms with Gasteiger partial charge in [-0.1, -0.05) is 26.0 Å². The number of alkyl halides is 3. The van der Waals surface area contributed by atoms with Gasteiger partial charge in [-0.2, -0.15) is 13.2 Å². The number of benzene rings is 2. The van der Waals surface area contributed by atoms with Gasteiger partial charge >= 0.3 is 6.18 Å². The summed E-state index contributed by atoms with van der Waals surface area (Å²) in [5.74, 6) is 0.336. The molecule has 0 saturated carbocycles. The Morgan fingerprint density at radius 1 is 1.05 bits per heavy atom. The number of rotatable bonds is 11. The molecule has 1 heterocycles. The number of halogens is 3. The summed E-state index contributed by atoms with van der Waals surface area (Å²) in [7, 11) is 4.33. The molecule has 0 fully saturated rings. The van der Waals surface area contributed by atoms with Crippen molar-refractivity contribution in [1.29, 1.82) is 0 Å². The van der Waals surface area contributed by atoms with Crippen molar-refractivity contribution in [2.24, 2.45) is 4.99 Å². The van der Waals surface area contributed by atoms with Crippen LogP contribution >= 0.6 is 0 Å². The van der Waals surface area contributed by atoms with Crippen LogP contribution in [-0.4, -0.2) is 43.9 Å². The van der Waals surface area contributed by atoms with Gasteiger partial charge in [0, 0.05) is 12.7 Å². The van der Waals surface area contributed by atoms with Gasteiger partial charge in [-0.25, -0.2) is 0 Å². The number of hydrogen-bond acceptors (Lipinski definition) is 7. The number of pyridine rings is 1. The maximum absolute atomic E-state index is 13.2. The Morgan fingerprint density at radius 2 is 1.68 bits per heavy atom. The highest BCUT2D eigenvalue weighted by Gasteiger charge is 2.30. The van der Waals surface area contributed by atoms with E-state index in [4.69, 9.17) is 18.9 Å². The Labute approximate surface area is 229 Å². The molecule has 3 rings (SSSR count). The van der Waals surface area contributed by atoms with Crippen LogP contribution in [0.3, 0.4) is 0 Å². The number of aromatic nitrogens is 1. The molecule has 0 aliphatic heterocycles. The molecular formula is C29H31F3N2O6. The number of nitrogens with zero attached hydrogens (tertiary/aromatic N) is 1. The van der Waals surface area contributed by atoms with Crippen molar-refractivity contribution >= 4 is 5.90 Å². The Morgan fingerprint density at radius 3 is 2.20 bits per heavy atom. The van der Waals surface area contributed by atoms with Crippen molar-refractivity contribution < 1.29 is 37.2 Å². The minimum atomic E-state index is -4.47. The van der Waals surface area contributed by atoms with Crippen molar-refractivity contribution in [3.63, 3.8) is 0 Å². The maximum Gasteiger partial charge on any atom is 0.416 e. The van der Waals surface area contributed by atoms with Crippen molar-refractivity contribution in [2.45, 2.75) is 32.4 Å². The fraction of sp³-hybridized carbons (Fsp3) is 0.310. The number of aryl methyl sites for hydroxylation is 1. The second kappa shape index (κ2) is 13.1. The summed E-state index contributed by atoms with van der Waals surface area (Å²) in [5, 5.41) is 11.5. The number of hydrogen-bond donors (Lipinski definition) is 2. The number of unbranched alkanes of at least 4 members (excludes halogenated alkanes) is 1. The Hall–Kier alpha value is -4.41. The zero-order valence-electron chi connectivity index (χ0n) is 22.6. The van der Waals surface area contributed by atoms with Crippen LogP contribution in [0.5, 0.6) is 23.0 Å². The first-order chi connectivity index (χ1) is 19.0. The molecule has 0 atom stereocenters.